The summed E-state index contributed by atoms with van der Waals surface area (Å²) in [6, 6.07) is 32.1. The van der Waals surface area contributed by atoms with E-state index in [0.29, 0.717) is 49.6 Å². The number of nitrogens with one attached hydrogen (secondary N) is 2. The third-order valence-corrected chi connectivity index (χ3v) is 10.4. The number of amides is 2. The molecule has 0 radical (unpaired) electrons. The van der Waals surface area contributed by atoms with Gasteiger partial charge in [-0.25, -0.2) is 0 Å². The zero-order chi connectivity index (χ0) is 37.7. The van der Waals surface area contributed by atoms with Crippen LogP contribution in [0.5, 0.6) is 0 Å². The van der Waals surface area contributed by atoms with Crippen molar-refractivity contribution >= 4 is 23.2 Å². The van der Waals surface area contributed by atoms with Crippen molar-refractivity contribution in [3.05, 3.63) is 119 Å². The number of rotatable bonds is 17. The second-order valence-electron chi connectivity index (χ2n) is 14.4. The van der Waals surface area contributed by atoms with Crippen molar-refractivity contribution in [1.29, 1.82) is 0 Å². The van der Waals surface area contributed by atoms with Gasteiger partial charge in [-0.15, -0.1) is 0 Å². The lowest BCUT2D eigenvalue weighted by molar-refractivity contribution is -0.253. The maximum absolute atomic E-state index is 12.7. The fourth-order valence-corrected chi connectivity index (χ4v) is 7.40. The van der Waals surface area contributed by atoms with Gasteiger partial charge in [-0.1, -0.05) is 79.2 Å². The van der Waals surface area contributed by atoms with Crippen molar-refractivity contribution in [1.82, 2.24) is 10.2 Å². The molecule has 0 aliphatic carbocycles. The molecule has 2 aliphatic rings. The molecule has 0 spiro atoms. The van der Waals surface area contributed by atoms with Crippen LogP contribution in [0.25, 0.3) is 11.1 Å². The maximum atomic E-state index is 12.7. The minimum Gasteiger partial charge on any atom is -0.397 e. The number of aliphatic hydroxyl groups excluding tert-OH is 1. The first kappa shape index (κ1) is 39.1. The van der Waals surface area contributed by atoms with E-state index in [-0.39, 0.29) is 30.6 Å². The highest BCUT2D eigenvalue weighted by Gasteiger charge is 2.35. The number of ether oxygens (including phenoxy) is 3. The Morgan fingerprint density at radius 2 is 1.61 bits per heavy atom. The molecular weight excluding hydrogens is 681 g/mol. The smallest absolute Gasteiger partial charge is 0.224 e. The monoisotopic (exact) mass is 734 g/mol. The highest BCUT2D eigenvalue weighted by Crippen LogP contribution is 2.39. The maximum Gasteiger partial charge on any atom is 0.224 e. The summed E-state index contributed by atoms with van der Waals surface area (Å²) in [5.41, 5.74) is 13.1. The summed E-state index contributed by atoms with van der Waals surface area (Å²) >= 11 is 0. The van der Waals surface area contributed by atoms with Crippen LogP contribution in [-0.4, -0.2) is 60.8 Å². The predicted molar refractivity (Wildman–Crippen MR) is 211 cm³/mol. The standard InChI is InChI=1S/C44H54N4O6/c1-52-30-37-14-9-23-48(37)28-38-26-41(33-21-19-31(29-49)20-22-33)54-44(53-38)36-13-8-12-35(25-36)34-11-7-10-32(24-34)27-46-42(50)17-3-2-4-18-43(51)47-40-16-6-5-15-39(40)45/h5-8,10-13,15-16,19-22,24-25,37-38,41,44,49H,2-4,9,14,17-18,23,26-30,45H2,1H3,(H,46,50)(H,47,51)/t37-,38-,41+,44+/m0/s1. The quantitative estimate of drug-likeness (QED) is 0.0657. The number of unbranched alkanes of at least 4 members (excludes halogenated alkanes) is 2. The Morgan fingerprint density at radius 3 is 2.39 bits per heavy atom. The van der Waals surface area contributed by atoms with Gasteiger partial charge in [-0.2, -0.15) is 0 Å². The molecule has 2 amide bonds. The molecule has 0 unspecified atom stereocenters. The fraction of sp³-hybridized carbons (Fsp3) is 0.409. The van der Waals surface area contributed by atoms with E-state index in [9.17, 15) is 14.7 Å². The molecule has 4 aromatic carbocycles. The second kappa shape index (κ2) is 19.7. The number of hydrogen-bond donors (Lipinski definition) is 4. The average molecular weight is 735 g/mol. The molecule has 2 fully saturated rings. The average Bonchev–Trinajstić information content (AvgIpc) is 3.64. The van der Waals surface area contributed by atoms with Gasteiger partial charge >= 0.3 is 0 Å². The summed E-state index contributed by atoms with van der Waals surface area (Å²) in [6.07, 6.45) is 5.30. The van der Waals surface area contributed by atoms with Crippen LogP contribution >= 0.6 is 0 Å². The van der Waals surface area contributed by atoms with Gasteiger partial charge in [0.05, 0.1) is 36.8 Å². The molecule has 0 bridgehead atoms. The Bertz CT molecular complexity index is 1820. The molecule has 286 valence electrons. The van der Waals surface area contributed by atoms with Crippen LogP contribution in [0.1, 0.15) is 86.0 Å². The minimum atomic E-state index is -0.547. The lowest BCUT2D eigenvalue weighted by atomic mass is 9.98. The summed E-state index contributed by atoms with van der Waals surface area (Å²) < 4.78 is 18.9. The number of anilines is 2. The largest absolute Gasteiger partial charge is 0.397 e. The summed E-state index contributed by atoms with van der Waals surface area (Å²) in [4.78, 5) is 27.4. The van der Waals surface area contributed by atoms with Crippen LogP contribution in [0.3, 0.4) is 0 Å². The number of likely N-dealkylation sites (tertiary alicyclic amines) is 1. The Morgan fingerprint density at radius 1 is 0.852 bits per heavy atom. The number of carbonyl (C=O) groups excluding carboxylic acids is 2. The Hall–Kier alpha value is -4.58. The van der Waals surface area contributed by atoms with E-state index in [0.717, 1.165) is 78.8 Å². The van der Waals surface area contributed by atoms with E-state index >= 15 is 0 Å². The number of nitrogen functional groups attached to an aromatic ring is 1. The third-order valence-electron chi connectivity index (χ3n) is 10.4. The lowest BCUT2D eigenvalue weighted by Gasteiger charge is -2.39. The van der Waals surface area contributed by atoms with Gasteiger partial charge in [0.2, 0.25) is 11.8 Å². The summed E-state index contributed by atoms with van der Waals surface area (Å²) in [5.74, 6) is -0.0814. The van der Waals surface area contributed by atoms with E-state index in [1.54, 1.807) is 19.2 Å². The predicted octanol–water partition coefficient (Wildman–Crippen LogP) is 7.29. The van der Waals surface area contributed by atoms with Gasteiger partial charge in [0.25, 0.3) is 0 Å². The highest BCUT2D eigenvalue weighted by atomic mass is 16.7. The van der Waals surface area contributed by atoms with Gasteiger partial charge < -0.3 is 35.7 Å². The molecule has 2 heterocycles. The number of benzene rings is 4. The van der Waals surface area contributed by atoms with E-state index in [1.165, 1.54) is 0 Å². The molecule has 0 aromatic heterocycles. The molecule has 0 saturated carbocycles. The molecule has 6 rings (SSSR count). The summed E-state index contributed by atoms with van der Waals surface area (Å²) in [6.45, 7) is 3.01. The van der Waals surface area contributed by atoms with Crippen molar-refractivity contribution < 1.29 is 28.9 Å². The molecular formula is C44H54N4O6. The molecule has 2 saturated heterocycles. The zero-order valence-electron chi connectivity index (χ0n) is 31.3. The molecule has 2 aliphatic heterocycles. The molecule has 5 N–H and O–H groups in total. The SMILES string of the molecule is COC[C@@H]1CCCN1C[C@@H]1C[C@H](c2ccc(CO)cc2)O[C@H](c2cccc(-c3cccc(CNC(=O)CCCCCC(=O)Nc4ccccc4N)c3)c2)O1. The van der Waals surface area contributed by atoms with Gasteiger partial charge in [-0.3, -0.25) is 14.5 Å². The summed E-state index contributed by atoms with van der Waals surface area (Å²) in [7, 11) is 1.77. The number of nitrogens with two attached hydrogens (primary N) is 1. The van der Waals surface area contributed by atoms with Crippen molar-refractivity contribution in [3.63, 3.8) is 0 Å². The lowest BCUT2D eigenvalue weighted by Crippen LogP contribution is -2.42. The number of aliphatic hydroxyl groups is 1. The van der Waals surface area contributed by atoms with Crippen LogP contribution in [0.4, 0.5) is 11.4 Å². The Balaban J connectivity index is 1.03. The molecule has 4 aromatic rings. The molecule has 10 heteroatoms. The van der Waals surface area contributed by atoms with Crippen LogP contribution < -0.4 is 16.4 Å². The Kier molecular flexibility index (Phi) is 14.2. The van der Waals surface area contributed by atoms with Crippen LogP contribution in [0.15, 0.2) is 97.1 Å². The van der Waals surface area contributed by atoms with Crippen molar-refractivity contribution in [2.24, 2.45) is 0 Å². The first-order chi connectivity index (χ1) is 26.4. The number of methoxy groups -OCH3 is 1. The second-order valence-corrected chi connectivity index (χ2v) is 14.4. The van der Waals surface area contributed by atoms with E-state index < -0.39 is 6.29 Å². The number of hydrogen-bond acceptors (Lipinski definition) is 8. The first-order valence-electron chi connectivity index (χ1n) is 19.2. The third kappa shape index (κ3) is 11.0. The van der Waals surface area contributed by atoms with Gasteiger partial charge in [0.15, 0.2) is 6.29 Å². The van der Waals surface area contributed by atoms with Crippen molar-refractivity contribution in [2.75, 3.05) is 37.9 Å². The van der Waals surface area contributed by atoms with Gasteiger partial charge in [-0.05, 0) is 84.3 Å². The normalized spacial score (nSPS) is 20.1. The molecule has 4 atom stereocenters. The zero-order valence-corrected chi connectivity index (χ0v) is 31.3. The first-order valence-corrected chi connectivity index (χ1v) is 19.2. The van der Waals surface area contributed by atoms with Crippen LogP contribution in [-0.2, 0) is 37.0 Å². The van der Waals surface area contributed by atoms with Gasteiger partial charge in [0, 0.05) is 51.1 Å². The molecule has 54 heavy (non-hydrogen) atoms. The fourth-order valence-electron chi connectivity index (χ4n) is 7.40. The van der Waals surface area contributed by atoms with E-state index in [1.807, 2.05) is 54.6 Å². The number of para-hydroxylation sites is 2. The van der Waals surface area contributed by atoms with Crippen molar-refractivity contribution in [3.8, 4) is 11.1 Å². The highest BCUT2D eigenvalue weighted by molar-refractivity contribution is 5.93. The Labute approximate surface area is 319 Å². The van der Waals surface area contributed by atoms with Crippen LogP contribution in [0, 0.1) is 0 Å². The number of nitrogens with zero attached hydrogens (tertiary/aromatic N) is 1. The summed E-state index contributed by atoms with van der Waals surface area (Å²) in [5, 5.41) is 15.5. The van der Waals surface area contributed by atoms with Crippen molar-refractivity contribution in [2.45, 2.75) is 89.1 Å². The van der Waals surface area contributed by atoms with Crippen LogP contribution in [0.2, 0.25) is 0 Å². The topological polar surface area (TPSA) is 135 Å². The van der Waals surface area contributed by atoms with E-state index in [4.69, 9.17) is 19.9 Å². The number of carbonyl (C=O) groups is 2. The minimum absolute atomic E-state index is 0.00589. The van der Waals surface area contributed by atoms with E-state index in [2.05, 4.69) is 45.9 Å². The van der Waals surface area contributed by atoms with Gasteiger partial charge in [0.1, 0.15) is 0 Å². The molecule has 10 nitrogen and oxygen atoms in total.